The number of halogens is 3. The molecule has 3 rings (SSSR count). The maximum Gasteiger partial charge on any atom is 0.416 e. The molecule has 13 heteroatoms. The predicted molar refractivity (Wildman–Crippen MR) is 102 cm³/mol. The van der Waals surface area contributed by atoms with E-state index < -0.39 is 27.8 Å². The number of rotatable bonds is 2. The number of carbonyl (C=O) groups is 1. The molecule has 2 heterocycles. The number of thioether (sulfide) groups is 1. The molecule has 0 fully saturated rings. The number of carbonyl (C=O) groups excluding carboxylic acids is 1. The van der Waals surface area contributed by atoms with Crippen molar-refractivity contribution < 1.29 is 30.9 Å². The number of thiazole rings is 1. The van der Waals surface area contributed by atoms with Gasteiger partial charge in [0.2, 0.25) is 0 Å². The number of aromatic nitrogens is 1. The quantitative estimate of drug-likeness (QED) is 0.531. The zero-order valence-corrected chi connectivity index (χ0v) is 16.4. The number of amidine groups is 1. The summed E-state index contributed by atoms with van der Waals surface area (Å²) in [5.41, 5.74) is 5.86. The average Bonchev–Trinajstić information content (AvgIpc) is 3.12. The summed E-state index contributed by atoms with van der Waals surface area (Å²) in [6.45, 7) is 0. The lowest BCUT2D eigenvalue weighted by molar-refractivity contribution is -0.137. The minimum atomic E-state index is -4.36. The Morgan fingerprint density at radius 2 is 1.79 bits per heavy atom. The number of hydrogen-bond acceptors (Lipinski definition) is 7. The Balaban J connectivity index is 0.000000500. The Hall–Kier alpha value is -2.22. The summed E-state index contributed by atoms with van der Waals surface area (Å²) in [7, 11) is -3.67. The van der Waals surface area contributed by atoms with Crippen molar-refractivity contribution in [3.63, 3.8) is 0 Å². The number of nitrogens with two attached hydrogens (primary N) is 1. The molecule has 0 unspecified atom stereocenters. The van der Waals surface area contributed by atoms with Crippen molar-refractivity contribution in [2.75, 3.05) is 6.26 Å². The highest BCUT2D eigenvalue weighted by Gasteiger charge is 2.30. The lowest BCUT2D eigenvalue weighted by atomic mass is 10.1. The third kappa shape index (κ3) is 6.74. The van der Waals surface area contributed by atoms with Gasteiger partial charge >= 0.3 is 6.18 Å². The molecule has 150 valence electrons. The molecule has 28 heavy (non-hydrogen) atoms. The van der Waals surface area contributed by atoms with E-state index in [1.165, 1.54) is 23.5 Å². The molecule has 1 aliphatic rings. The molecule has 7 nitrogen and oxygen atoms in total. The number of alkyl halides is 3. The second kappa shape index (κ2) is 8.43. The molecular formula is C15H12F3N3O4S3. The normalized spacial score (nSPS) is 16.0. The van der Waals surface area contributed by atoms with Gasteiger partial charge in [-0.15, -0.1) is 11.3 Å². The average molecular weight is 451 g/mol. The van der Waals surface area contributed by atoms with Gasteiger partial charge in [-0.1, -0.05) is 12.1 Å². The highest BCUT2D eigenvalue weighted by Crippen LogP contribution is 2.32. The van der Waals surface area contributed by atoms with E-state index in [1.807, 2.05) is 0 Å². The Morgan fingerprint density at radius 1 is 1.21 bits per heavy atom. The smallest absolute Gasteiger partial charge is 0.378 e. The Kier molecular flexibility index (Phi) is 6.64. The van der Waals surface area contributed by atoms with E-state index in [2.05, 4.69) is 9.98 Å². The maximum atomic E-state index is 12.5. The molecule has 0 saturated carbocycles. The fraction of sp³-hybridized carbons (Fsp3) is 0.133. The van der Waals surface area contributed by atoms with Gasteiger partial charge in [0.05, 0.1) is 22.4 Å². The van der Waals surface area contributed by atoms with Gasteiger partial charge in [-0.2, -0.15) is 26.6 Å². The van der Waals surface area contributed by atoms with Crippen molar-refractivity contribution in [1.82, 2.24) is 4.98 Å². The zero-order valence-electron chi connectivity index (χ0n) is 14.0. The molecule has 0 aliphatic carbocycles. The van der Waals surface area contributed by atoms with E-state index in [1.54, 1.807) is 11.5 Å². The topological polar surface area (TPSA) is 123 Å². The highest BCUT2D eigenvalue weighted by atomic mass is 32.2. The van der Waals surface area contributed by atoms with Crippen molar-refractivity contribution in [1.29, 1.82) is 0 Å². The highest BCUT2D eigenvalue weighted by molar-refractivity contribution is 8.18. The van der Waals surface area contributed by atoms with E-state index >= 15 is 0 Å². The Bertz CT molecular complexity index is 1030. The maximum absolute atomic E-state index is 12.5. The molecule has 1 amide bonds. The minimum Gasteiger partial charge on any atom is -0.378 e. The van der Waals surface area contributed by atoms with Crippen LogP contribution in [0.1, 0.15) is 11.3 Å². The summed E-state index contributed by atoms with van der Waals surface area (Å²) in [4.78, 5) is 19.8. The molecular weight excluding hydrogens is 439 g/mol. The molecule has 0 bridgehead atoms. The molecule has 0 spiro atoms. The van der Waals surface area contributed by atoms with Crippen LogP contribution >= 0.6 is 23.1 Å². The molecule has 1 aromatic heterocycles. The molecule has 1 aliphatic heterocycles. The fourth-order valence-electron chi connectivity index (χ4n) is 1.85. The number of nitrogens with zero attached hydrogens (tertiary/aromatic N) is 2. The predicted octanol–water partition coefficient (Wildman–Crippen LogP) is 3.26. The summed E-state index contributed by atoms with van der Waals surface area (Å²) < 4.78 is 63.5. The Labute approximate surface area is 165 Å². The van der Waals surface area contributed by atoms with Crippen molar-refractivity contribution in [2.45, 2.75) is 6.18 Å². The second-order valence-electron chi connectivity index (χ2n) is 5.25. The van der Waals surface area contributed by atoms with Crippen LogP contribution in [0, 0.1) is 0 Å². The van der Waals surface area contributed by atoms with Crippen molar-refractivity contribution in [2.24, 2.45) is 10.7 Å². The van der Waals surface area contributed by atoms with Crippen LogP contribution in [-0.2, 0) is 21.1 Å². The fourth-order valence-corrected chi connectivity index (χ4v) is 3.30. The van der Waals surface area contributed by atoms with Gasteiger partial charge in [-0.3, -0.25) is 9.35 Å². The summed E-state index contributed by atoms with van der Waals surface area (Å²) in [6, 6.07) is 4.77. The van der Waals surface area contributed by atoms with Crippen LogP contribution in [0.15, 0.2) is 39.5 Å². The lowest BCUT2D eigenvalue weighted by Crippen LogP contribution is -2.03. The van der Waals surface area contributed by atoms with Crippen LogP contribution in [0.4, 0.5) is 13.2 Å². The Morgan fingerprint density at radius 3 is 2.25 bits per heavy atom. The van der Waals surface area contributed by atoms with Crippen LogP contribution in [0.5, 0.6) is 0 Å². The van der Waals surface area contributed by atoms with Gasteiger partial charge in [-0.05, 0) is 30.0 Å². The first-order valence-corrected chi connectivity index (χ1v) is 10.7. The van der Waals surface area contributed by atoms with Gasteiger partial charge in [0.25, 0.3) is 16.0 Å². The van der Waals surface area contributed by atoms with Crippen LogP contribution < -0.4 is 5.73 Å². The van der Waals surface area contributed by atoms with Gasteiger partial charge < -0.3 is 5.73 Å². The van der Waals surface area contributed by atoms with Gasteiger partial charge in [0, 0.05) is 10.9 Å². The summed E-state index contributed by atoms with van der Waals surface area (Å²) in [6.07, 6.45) is -2.09. The van der Waals surface area contributed by atoms with E-state index in [9.17, 15) is 26.4 Å². The van der Waals surface area contributed by atoms with Gasteiger partial charge in [-0.25, -0.2) is 4.98 Å². The summed E-state index contributed by atoms with van der Waals surface area (Å²) in [5, 5.41) is 2.46. The van der Waals surface area contributed by atoms with Crippen molar-refractivity contribution >= 4 is 50.4 Å². The van der Waals surface area contributed by atoms with Gasteiger partial charge in [0.15, 0.2) is 5.17 Å². The molecule has 0 saturated heterocycles. The minimum absolute atomic E-state index is 0.180. The third-order valence-electron chi connectivity index (χ3n) is 2.90. The number of aliphatic imine (C=N–C) groups is 1. The number of benzene rings is 1. The van der Waals surface area contributed by atoms with Crippen molar-refractivity contribution in [3.05, 3.63) is 45.8 Å². The standard InChI is InChI=1S/C14H8F3N3OS2.CH4O3S/c15-14(16,17)8-3-1-7(2-4-8)12-19-9(6-22-12)5-10-11(21)20-13(18)23-10;1-5(2,3)4/h1-6H,(H2,18,20,21);1H3,(H,2,3,4)/b10-5+;. The van der Waals surface area contributed by atoms with Crippen LogP contribution in [0.2, 0.25) is 0 Å². The van der Waals surface area contributed by atoms with Crippen molar-refractivity contribution in [3.8, 4) is 10.6 Å². The lowest BCUT2D eigenvalue weighted by Gasteiger charge is -2.06. The molecule has 0 atom stereocenters. The van der Waals surface area contributed by atoms with E-state index in [0.29, 0.717) is 27.4 Å². The molecule has 2 aromatic rings. The van der Waals surface area contributed by atoms with E-state index in [4.69, 9.17) is 10.3 Å². The van der Waals surface area contributed by atoms with Gasteiger partial charge in [0.1, 0.15) is 5.01 Å². The van der Waals surface area contributed by atoms with Crippen LogP contribution in [0.25, 0.3) is 16.6 Å². The first-order valence-electron chi connectivity index (χ1n) is 7.16. The number of amides is 1. The SMILES string of the molecule is CS(=O)(=O)O.NC1=NC(=O)/C(=C\c2csc(-c3ccc(C(F)(F)F)cc3)n2)S1. The largest absolute Gasteiger partial charge is 0.416 e. The van der Waals surface area contributed by atoms with Crippen LogP contribution in [0.3, 0.4) is 0 Å². The number of hydrogen-bond donors (Lipinski definition) is 2. The first-order chi connectivity index (χ1) is 12.8. The van der Waals surface area contributed by atoms with Crippen LogP contribution in [-0.4, -0.2) is 35.3 Å². The van der Waals surface area contributed by atoms with E-state index in [0.717, 1.165) is 23.9 Å². The summed E-state index contributed by atoms with van der Waals surface area (Å²) in [5.74, 6) is -0.420. The van der Waals surface area contributed by atoms with E-state index in [-0.39, 0.29) is 5.17 Å². The second-order valence-corrected chi connectivity index (χ2v) is 8.64. The zero-order chi connectivity index (χ0) is 21.1. The first kappa shape index (κ1) is 22.1. The molecule has 0 radical (unpaired) electrons. The monoisotopic (exact) mass is 451 g/mol. The third-order valence-corrected chi connectivity index (χ3v) is 4.62. The molecule has 1 aromatic carbocycles. The molecule has 3 N–H and O–H groups in total. The summed E-state index contributed by atoms with van der Waals surface area (Å²) >= 11 is 2.33.